The molecule has 20 aromatic carbocycles. The fourth-order valence-electron chi connectivity index (χ4n) is 22.4. The Hall–Kier alpha value is -17.0. The van der Waals surface area contributed by atoms with Crippen LogP contribution in [0, 0.1) is 56.4 Å². The Labute approximate surface area is 910 Å². The van der Waals surface area contributed by atoms with Crippen molar-refractivity contribution in [1.29, 1.82) is 0 Å². The van der Waals surface area contributed by atoms with Gasteiger partial charge in [-0.25, -0.2) is 4.98 Å². The molecule has 0 unspecified atom stereocenters. The zero-order valence-corrected chi connectivity index (χ0v) is 88.9. The van der Waals surface area contributed by atoms with Crippen LogP contribution in [0.3, 0.4) is 0 Å². The van der Waals surface area contributed by atoms with Gasteiger partial charge in [-0.15, -0.1) is 143 Å². The molecule has 0 bridgehead atoms. The molecule has 732 valence electrons. The molecule has 0 aliphatic carbocycles. The second-order valence-corrected chi connectivity index (χ2v) is 38.0. The predicted octanol–water partition coefficient (Wildman–Crippen LogP) is 30.8. The van der Waals surface area contributed by atoms with E-state index in [0.29, 0.717) is 0 Å². The topological polar surface area (TPSA) is 101 Å². The molecule has 16 nitrogen and oxygen atoms in total. The smallest absolute Gasteiger partial charge is 0.132 e. The van der Waals surface area contributed by atoms with Crippen molar-refractivity contribution in [2.75, 3.05) is 50.5 Å². The summed E-state index contributed by atoms with van der Waals surface area (Å²) >= 11 is 0. The summed E-state index contributed by atoms with van der Waals surface area (Å²) in [4.78, 5) is 33.1. The molecule has 27 aromatic rings. The third-order valence-corrected chi connectivity index (χ3v) is 29.5. The predicted molar refractivity (Wildman–Crippen MR) is 605 cm³/mol. The minimum atomic E-state index is 0. The number of hydrogen-bond acceptors (Lipinski definition) is 10. The van der Waals surface area contributed by atoms with Gasteiger partial charge < -0.3 is 56.8 Å². The van der Waals surface area contributed by atoms with Gasteiger partial charge in [-0.05, 0) is 211 Å². The van der Waals surface area contributed by atoms with E-state index in [2.05, 4.69) is 544 Å². The number of para-hydroxylation sites is 10. The third-order valence-electron chi connectivity index (χ3n) is 29.5. The van der Waals surface area contributed by atoms with Crippen LogP contribution in [0.1, 0.15) is 0 Å². The van der Waals surface area contributed by atoms with Crippen LogP contribution in [0.2, 0.25) is 0 Å². The summed E-state index contributed by atoms with van der Waals surface area (Å²) in [6, 6.07) is 166. The molecule has 150 heavy (non-hydrogen) atoms. The summed E-state index contributed by atoms with van der Waals surface area (Å²) in [6.45, 7) is 6.35. The molecule has 10 heterocycles. The molecule has 0 fully saturated rings. The maximum Gasteiger partial charge on any atom is 0.132 e. The number of pyridine rings is 1. The van der Waals surface area contributed by atoms with Gasteiger partial charge in [0.15, 0.2) is 0 Å². The van der Waals surface area contributed by atoms with E-state index < -0.39 is 0 Å². The number of aromatic nitrogens is 10. The Morgan fingerprint density at radius 3 is 1.01 bits per heavy atom. The van der Waals surface area contributed by atoms with E-state index >= 15 is 0 Å². The summed E-state index contributed by atoms with van der Waals surface area (Å²) in [5.74, 6) is 2.64. The molecule has 0 radical (unpaired) electrons. The fraction of sp³-hybridized carbons (Fsp3) is 0.0458. The summed E-state index contributed by atoms with van der Waals surface area (Å²) in [5.41, 5.74) is 34.7. The van der Waals surface area contributed by atoms with Crippen molar-refractivity contribution in [2.45, 2.75) is 0 Å². The summed E-state index contributed by atoms with van der Waals surface area (Å²) in [7, 11) is 12.5. The van der Waals surface area contributed by atoms with Crippen LogP contribution in [0.15, 0.2) is 413 Å². The van der Waals surface area contributed by atoms with Crippen LogP contribution in [0.5, 0.6) is 0 Å². The van der Waals surface area contributed by atoms with Gasteiger partial charge in [-0.3, -0.25) is 15.0 Å². The number of aryl methyl sites for hydroxylation is 3. The van der Waals surface area contributed by atoms with E-state index in [9.17, 15) is 0 Å². The number of rotatable bonds is 12. The first kappa shape index (κ1) is 94.0. The maximum atomic E-state index is 5.12. The van der Waals surface area contributed by atoms with Gasteiger partial charge in [0.2, 0.25) is 0 Å². The average molecular weight is 2470 g/mol. The molecule has 0 saturated carbocycles. The normalized spacial score (nSPS) is 12.7. The molecule has 3 aliphatic rings. The van der Waals surface area contributed by atoms with E-state index in [1.165, 1.54) is 87.8 Å². The van der Waals surface area contributed by atoms with Gasteiger partial charge in [0.05, 0.1) is 50.6 Å². The summed E-state index contributed by atoms with van der Waals surface area (Å²) in [5, 5.41) is 14.2. The largest absolute Gasteiger partial charge is 0.504 e. The van der Waals surface area contributed by atoms with Crippen molar-refractivity contribution in [1.82, 2.24) is 47.3 Å². The van der Waals surface area contributed by atoms with Gasteiger partial charge in [0.25, 0.3) is 0 Å². The Balaban J connectivity index is 0.000000115. The second kappa shape index (κ2) is 38.1. The summed E-state index contributed by atoms with van der Waals surface area (Å²) < 4.78 is 13.3. The molecule has 0 atom stereocenters. The number of benzene rings is 20. The first-order valence-corrected chi connectivity index (χ1v) is 49.4. The van der Waals surface area contributed by atoms with Gasteiger partial charge >= 0.3 is 0 Å². The van der Waals surface area contributed by atoms with E-state index in [-0.39, 0.29) is 63.2 Å². The number of nitrogens with zero attached hydrogens (tertiary/aromatic N) is 16. The first-order valence-electron chi connectivity index (χ1n) is 49.4. The van der Waals surface area contributed by atoms with Crippen molar-refractivity contribution >= 4 is 182 Å². The van der Waals surface area contributed by atoms with Crippen LogP contribution in [0.25, 0.3) is 216 Å². The van der Waals surface area contributed by atoms with Crippen LogP contribution < -0.4 is 29.4 Å². The molecular weight excluding hydrogens is 2380 g/mol. The Bertz CT molecular complexity index is 9980. The molecule has 30 rings (SSSR count). The van der Waals surface area contributed by atoms with Crippen LogP contribution in [-0.4, -0.2) is 68.5 Å². The SMILES string of the molecule is CN1[CH-]N(c2[c-]c(-n3c4[c-]c(-c5nc6ccc(-c7cccc8ccccc78)cc6n5C)ccc4c4cccnc43)ccc2)c2ccccc21.CN1[CH-]N(c2[c-]c(-n3c4[c-]c(-c5nc6ccccc6n5C)ccc4c4cc(-c5cccc6ccccc56)ccc43)ccc2)c2ccccc21.CN1[CH-]N(c2[c-]c(-n3c4[c-]c(-c5nc6ccccc6n5C)ccc4c4ccc(-c5cccc6ccccc56)cc43)ccc2)c2ccccc21.[Pt].[Pt].[Pt]. The Kier molecular flexibility index (Phi) is 23.9. The molecule has 19 heteroatoms. The number of hydrogen-bond donors (Lipinski definition) is 0. The maximum absolute atomic E-state index is 5.12. The molecule has 7 aromatic heterocycles. The Morgan fingerprint density at radius 1 is 0.220 bits per heavy atom. The van der Waals surface area contributed by atoms with Crippen molar-refractivity contribution in [3.63, 3.8) is 0 Å². The minimum absolute atomic E-state index is 0. The molecule has 3 aliphatic heterocycles. The Morgan fingerprint density at radius 2 is 0.547 bits per heavy atom. The molecular formula is C131H89N16Pt3-9. The molecule has 0 spiro atoms. The quantitative estimate of drug-likeness (QED) is 0.110. The van der Waals surface area contributed by atoms with Crippen molar-refractivity contribution in [3.05, 3.63) is 469 Å². The van der Waals surface area contributed by atoms with Gasteiger partial charge in [-0.2, -0.15) is 38.2 Å². The van der Waals surface area contributed by atoms with Gasteiger partial charge in [-0.1, -0.05) is 258 Å². The van der Waals surface area contributed by atoms with Crippen LogP contribution in [-0.2, 0) is 84.3 Å². The van der Waals surface area contributed by atoms with E-state index in [0.717, 1.165) is 179 Å². The molecule has 0 amide bonds. The van der Waals surface area contributed by atoms with Crippen LogP contribution >= 0.6 is 0 Å². The number of fused-ring (bicyclic) bond motifs is 18. The zero-order valence-electron chi connectivity index (χ0n) is 82.1. The second-order valence-electron chi connectivity index (χ2n) is 38.0. The minimum Gasteiger partial charge on any atom is -0.504 e. The van der Waals surface area contributed by atoms with Crippen LogP contribution in [0.4, 0.5) is 51.2 Å². The van der Waals surface area contributed by atoms with E-state index in [1.54, 1.807) is 0 Å². The van der Waals surface area contributed by atoms with Gasteiger partial charge in [0, 0.05) is 136 Å². The standard InChI is InChI=1S/2C44H30N5.C43H29N6.3Pt/c1-46-28-48(42-20-8-7-19-41(42)46)32-13-10-14-33(27-32)49-39-24-22-30(35-16-9-12-29-11-3-4-15-34(29)35)25-37(39)36-23-21-31(26-43(36)49)44-45-38-17-5-6-18-40(38)47(44)2;1-46-28-48(41-20-8-7-19-40(41)46)32-13-10-14-33(27-32)49-42-25-30(35-16-9-12-29-11-3-4-15-34(29)35)21-23-36(42)37-24-22-31(26-43(37)49)44-45-38-17-5-6-18-39(38)47(44)2;1-46-27-48(39-18-6-5-17-38(39)46)31-12-8-13-32(26-31)49-40-25-30(19-21-35(40)36-16-9-23-44-43(36)49)42-45-37-22-20-29(24-41(37)47(42)2)34-15-7-11-28-10-3-4-14-33(28)34;;;/h2*3-25,28H,1-2H3;3-24,27H,1-2H3;;;/q3*-3;;;. The number of imidazole rings is 3. The van der Waals surface area contributed by atoms with Crippen molar-refractivity contribution in [2.24, 2.45) is 21.1 Å². The van der Waals surface area contributed by atoms with Crippen molar-refractivity contribution < 1.29 is 63.2 Å². The zero-order chi connectivity index (χ0) is 97.9. The van der Waals surface area contributed by atoms with Crippen molar-refractivity contribution in [3.8, 4) is 84.6 Å². The first-order chi connectivity index (χ1) is 72.4. The van der Waals surface area contributed by atoms with Gasteiger partial charge in [0.1, 0.15) is 5.65 Å². The number of anilines is 9. The average Bonchev–Trinajstić information content (AvgIpc) is 1.58. The third kappa shape index (κ3) is 15.7. The fourth-order valence-corrected chi connectivity index (χ4v) is 22.4. The molecule has 0 N–H and O–H groups in total. The van der Waals surface area contributed by atoms with E-state index in [4.69, 9.17) is 19.9 Å². The van der Waals surface area contributed by atoms with E-state index in [1.807, 2.05) is 24.4 Å². The molecule has 0 saturated heterocycles. The summed E-state index contributed by atoms with van der Waals surface area (Å²) in [6.07, 6.45) is 1.85. The monoisotopic (exact) mass is 2470 g/mol.